The molecule has 6 nitrogen and oxygen atoms in total. The quantitative estimate of drug-likeness (QED) is 0.840. The molecule has 2 aliphatic rings. The smallest absolute Gasteiger partial charge is 0.306 e. The van der Waals surface area contributed by atoms with Gasteiger partial charge in [0.15, 0.2) is 0 Å². The van der Waals surface area contributed by atoms with Crippen molar-refractivity contribution in [1.82, 2.24) is 4.90 Å². The average Bonchev–Trinajstić information content (AvgIpc) is 3.13. The van der Waals surface area contributed by atoms with Gasteiger partial charge in [0, 0.05) is 24.0 Å². The summed E-state index contributed by atoms with van der Waals surface area (Å²) in [6.07, 6.45) is 4.47. The predicted octanol–water partition coefficient (Wildman–Crippen LogP) is 3.41. The monoisotopic (exact) mass is 378 g/mol. The van der Waals surface area contributed by atoms with Crippen LogP contribution in [0.4, 0.5) is 5.69 Å². The van der Waals surface area contributed by atoms with E-state index in [1.165, 1.54) is 0 Å². The van der Waals surface area contributed by atoms with Gasteiger partial charge in [0.2, 0.25) is 5.91 Å². The lowest BCUT2D eigenvalue weighted by atomic mass is 10.0. The van der Waals surface area contributed by atoms with E-state index in [1.54, 1.807) is 23.1 Å². The third-order valence-electron chi connectivity index (χ3n) is 5.27. The Labute approximate surface area is 157 Å². The molecule has 2 amide bonds. The van der Waals surface area contributed by atoms with Crippen molar-refractivity contribution in [2.75, 3.05) is 18.4 Å². The van der Waals surface area contributed by atoms with Crippen LogP contribution in [-0.4, -0.2) is 40.9 Å². The van der Waals surface area contributed by atoms with Crippen molar-refractivity contribution in [3.05, 3.63) is 28.8 Å². The number of hydrogen-bond acceptors (Lipinski definition) is 3. The number of aliphatic carboxylic acids is 1. The minimum atomic E-state index is -0.857. The second-order valence-corrected chi connectivity index (χ2v) is 7.51. The van der Waals surface area contributed by atoms with E-state index in [0.717, 1.165) is 32.4 Å². The minimum absolute atomic E-state index is 0.105. The summed E-state index contributed by atoms with van der Waals surface area (Å²) < 4.78 is 0. The summed E-state index contributed by atoms with van der Waals surface area (Å²) in [5.74, 6) is -2.04. The van der Waals surface area contributed by atoms with E-state index in [-0.39, 0.29) is 17.7 Å². The SMILES string of the molecule is O=C(O)[C@@H]1CC[C@H](C(=O)Nc2cc(Cl)ccc2C(=O)N2CCCCC2)C1. The number of piperidine rings is 1. The first-order valence-corrected chi connectivity index (χ1v) is 9.46. The standard InChI is InChI=1S/C19H23ClN2O4/c20-14-6-7-15(18(24)22-8-2-1-3-9-22)16(11-14)21-17(23)12-4-5-13(10-12)19(25)26/h6-7,11-13H,1-5,8-10H2,(H,21,23)(H,25,26)/t12-,13+/m0/s1. The summed E-state index contributed by atoms with van der Waals surface area (Å²) in [5.41, 5.74) is 0.828. The topological polar surface area (TPSA) is 86.7 Å². The Bertz CT molecular complexity index is 715. The van der Waals surface area contributed by atoms with Gasteiger partial charge in [0.1, 0.15) is 0 Å². The largest absolute Gasteiger partial charge is 0.481 e. The van der Waals surface area contributed by atoms with Crippen LogP contribution in [0.3, 0.4) is 0 Å². The maximum Gasteiger partial charge on any atom is 0.306 e. The van der Waals surface area contributed by atoms with E-state index in [2.05, 4.69) is 5.32 Å². The summed E-state index contributed by atoms with van der Waals surface area (Å²) in [6.45, 7) is 1.44. The number of rotatable bonds is 4. The van der Waals surface area contributed by atoms with Gasteiger partial charge in [0.25, 0.3) is 5.91 Å². The Balaban J connectivity index is 1.74. The molecule has 0 aromatic heterocycles. The molecule has 1 saturated carbocycles. The zero-order valence-electron chi connectivity index (χ0n) is 14.5. The van der Waals surface area contributed by atoms with Crippen LogP contribution < -0.4 is 5.32 Å². The maximum atomic E-state index is 12.8. The van der Waals surface area contributed by atoms with E-state index in [9.17, 15) is 14.4 Å². The number of carboxylic acid groups (broad SMARTS) is 1. The maximum absolute atomic E-state index is 12.8. The summed E-state index contributed by atoms with van der Waals surface area (Å²) in [6, 6.07) is 4.87. The molecule has 26 heavy (non-hydrogen) atoms. The molecule has 0 radical (unpaired) electrons. The number of amides is 2. The van der Waals surface area contributed by atoms with Crippen molar-refractivity contribution < 1.29 is 19.5 Å². The van der Waals surface area contributed by atoms with E-state index in [4.69, 9.17) is 16.7 Å². The molecule has 0 spiro atoms. The lowest BCUT2D eigenvalue weighted by Gasteiger charge is -2.27. The second-order valence-electron chi connectivity index (χ2n) is 7.08. The van der Waals surface area contributed by atoms with Gasteiger partial charge < -0.3 is 15.3 Å². The molecule has 3 rings (SSSR count). The van der Waals surface area contributed by atoms with Gasteiger partial charge in [-0.25, -0.2) is 0 Å². The molecule has 7 heteroatoms. The van der Waals surface area contributed by atoms with Gasteiger partial charge in [0.05, 0.1) is 17.2 Å². The van der Waals surface area contributed by atoms with Crippen LogP contribution >= 0.6 is 11.6 Å². The molecule has 2 N–H and O–H groups in total. The van der Waals surface area contributed by atoms with Crippen LogP contribution in [0.5, 0.6) is 0 Å². The number of anilines is 1. The van der Waals surface area contributed by atoms with E-state index in [1.807, 2.05) is 0 Å². The third kappa shape index (κ3) is 4.18. The Morgan fingerprint density at radius 3 is 2.42 bits per heavy atom. The minimum Gasteiger partial charge on any atom is -0.481 e. The molecule has 1 aliphatic carbocycles. The number of nitrogens with zero attached hydrogens (tertiary/aromatic N) is 1. The molecule has 1 saturated heterocycles. The molecule has 1 aromatic rings. The number of carbonyl (C=O) groups is 3. The first-order chi connectivity index (χ1) is 12.5. The Hall–Kier alpha value is -2.08. The fraction of sp³-hybridized carbons (Fsp3) is 0.526. The number of benzene rings is 1. The molecular formula is C19H23ClN2O4. The Morgan fingerprint density at radius 2 is 1.77 bits per heavy atom. The lowest BCUT2D eigenvalue weighted by molar-refractivity contribution is -0.141. The molecular weight excluding hydrogens is 356 g/mol. The van der Waals surface area contributed by atoms with Crippen LogP contribution in [0.15, 0.2) is 18.2 Å². The number of nitrogens with one attached hydrogen (secondary N) is 1. The van der Waals surface area contributed by atoms with E-state index in [0.29, 0.717) is 35.5 Å². The first kappa shape index (κ1) is 18.7. The second kappa shape index (κ2) is 8.08. The zero-order valence-corrected chi connectivity index (χ0v) is 15.3. The van der Waals surface area contributed by atoms with Crippen molar-refractivity contribution in [2.24, 2.45) is 11.8 Å². The van der Waals surface area contributed by atoms with Gasteiger partial charge in [-0.15, -0.1) is 0 Å². The van der Waals surface area contributed by atoms with Gasteiger partial charge >= 0.3 is 5.97 Å². The molecule has 0 bridgehead atoms. The molecule has 1 aliphatic heterocycles. The molecule has 140 valence electrons. The van der Waals surface area contributed by atoms with Crippen molar-refractivity contribution in [3.63, 3.8) is 0 Å². The molecule has 2 atom stereocenters. The van der Waals surface area contributed by atoms with Crippen molar-refractivity contribution in [2.45, 2.75) is 38.5 Å². The third-order valence-corrected chi connectivity index (χ3v) is 5.50. The van der Waals surface area contributed by atoms with Crippen LogP contribution in [-0.2, 0) is 9.59 Å². The fourth-order valence-electron chi connectivity index (χ4n) is 3.75. The first-order valence-electron chi connectivity index (χ1n) is 9.08. The van der Waals surface area contributed by atoms with Crippen LogP contribution in [0.2, 0.25) is 5.02 Å². The van der Waals surface area contributed by atoms with E-state index < -0.39 is 11.9 Å². The lowest BCUT2D eigenvalue weighted by Crippen LogP contribution is -2.36. The zero-order chi connectivity index (χ0) is 18.7. The van der Waals surface area contributed by atoms with Crippen LogP contribution in [0, 0.1) is 11.8 Å². The van der Waals surface area contributed by atoms with Crippen molar-refractivity contribution >= 4 is 35.1 Å². The molecule has 0 unspecified atom stereocenters. The number of halogens is 1. The normalized spacial score (nSPS) is 22.9. The highest BCUT2D eigenvalue weighted by Gasteiger charge is 2.34. The van der Waals surface area contributed by atoms with Gasteiger partial charge in [-0.3, -0.25) is 14.4 Å². The molecule has 1 aromatic carbocycles. The number of carboxylic acids is 1. The van der Waals surface area contributed by atoms with Gasteiger partial charge in [-0.1, -0.05) is 11.6 Å². The highest BCUT2D eigenvalue weighted by molar-refractivity contribution is 6.31. The summed E-state index contributed by atoms with van der Waals surface area (Å²) in [7, 11) is 0. The number of hydrogen-bond donors (Lipinski definition) is 2. The number of likely N-dealkylation sites (tertiary alicyclic amines) is 1. The highest BCUT2D eigenvalue weighted by Crippen LogP contribution is 2.33. The molecule has 1 heterocycles. The fourth-order valence-corrected chi connectivity index (χ4v) is 3.92. The van der Waals surface area contributed by atoms with Gasteiger partial charge in [-0.2, -0.15) is 0 Å². The van der Waals surface area contributed by atoms with E-state index >= 15 is 0 Å². The van der Waals surface area contributed by atoms with Crippen molar-refractivity contribution in [3.8, 4) is 0 Å². The van der Waals surface area contributed by atoms with Gasteiger partial charge in [-0.05, 0) is 56.7 Å². The van der Waals surface area contributed by atoms with Crippen LogP contribution in [0.1, 0.15) is 48.9 Å². The average molecular weight is 379 g/mol. The van der Waals surface area contributed by atoms with Crippen LogP contribution in [0.25, 0.3) is 0 Å². The van der Waals surface area contributed by atoms with Crippen molar-refractivity contribution in [1.29, 1.82) is 0 Å². The summed E-state index contributed by atoms with van der Waals surface area (Å²) >= 11 is 6.06. The highest BCUT2D eigenvalue weighted by atomic mass is 35.5. The number of carbonyl (C=O) groups excluding carboxylic acids is 2. The molecule has 2 fully saturated rings. The predicted molar refractivity (Wildman–Crippen MR) is 98.3 cm³/mol. The Morgan fingerprint density at radius 1 is 1.08 bits per heavy atom. The summed E-state index contributed by atoms with van der Waals surface area (Å²) in [5, 5.41) is 12.3. The Kier molecular flexibility index (Phi) is 5.81. The summed E-state index contributed by atoms with van der Waals surface area (Å²) in [4.78, 5) is 38.3.